The van der Waals surface area contributed by atoms with Gasteiger partial charge in [0, 0.05) is 32.0 Å². The van der Waals surface area contributed by atoms with Crippen molar-refractivity contribution in [2.75, 3.05) is 36.2 Å². The zero-order valence-electron chi connectivity index (χ0n) is 13.6. The Morgan fingerprint density at radius 2 is 1.83 bits per heavy atom. The summed E-state index contributed by atoms with van der Waals surface area (Å²) < 4.78 is 4.95. The Morgan fingerprint density at radius 1 is 1.08 bits per heavy atom. The minimum atomic E-state index is -0.321. The Bertz CT molecular complexity index is 701. The zero-order chi connectivity index (χ0) is 17.4. The molecule has 1 aromatic heterocycles. The van der Waals surface area contributed by atoms with Crippen LogP contribution in [-0.4, -0.2) is 37.1 Å². The van der Waals surface area contributed by atoms with Gasteiger partial charge in [0.05, 0.1) is 18.5 Å². The van der Waals surface area contributed by atoms with Crippen LogP contribution < -0.4 is 16.0 Å². The summed E-state index contributed by atoms with van der Waals surface area (Å²) in [5, 5.41) is 8.54. The number of anilines is 3. The molecule has 2 rings (SSSR count). The summed E-state index contributed by atoms with van der Waals surface area (Å²) in [6.07, 6.45) is 1.60. The van der Waals surface area contributed by atoms with E-state index in [1.165, 1.54) is 6.92 Å². The van der Waals surface area contributed by atoms with Crippen molar-refractivity contribution in [3.05, 3.63) is 48.3 Å². The van der Waals surface area contributed by atoms with Gasteiger partial charge in [0.15, 0.2) is 0 Å². The largest absolute Gasteiger partial charge is 0.383 e. The van der Waals surface area contributed by atoms with Gasteiger partial charge in [-0.1, -0.05) is 6.07 Å². The Morgan fingerprint density at radius 3 is 2.46 bits per heavy atom. The number of amides is 2. The van der Waals surface area contributed by atoms with Crippen LogP contribution in [0.3, 0.4) is 0 Å². The van der Waals surface area contributed by atoms with Crippen molar-refractivity contribution >= 4 is 28.9 Å². The third-order valence-corrected chi connectivity index (χ3v) is 3.07. The number of nitrogens with zero attached hydrogens (tertiary/aromatic N) is 1. The number of rotatable bonds is 7. The van der Waals surface area contributed by atoms with Crippen molar-refractivity contribution in [3.63, 3.8) is 0 Å². The number of hydrogen-bond donors (Lipinski definition) is 3. The first-order valence-electron chi connectivity index (χ1n) is 7.46. The molecule has 0 aliphatic heterocycles. The molecule has 24 heavy (non-hydrogen) atoms. The van der Waals surface area contributed by atoms with E-state index in [1.54, 1.807) is 49.7 Å². The summed E-state index contributed by atoms with van der Waals surface area (Å²) in [5.41, 5.74) is 2.31. The molecule has 0 radical (unpaired) electrons. The van der Waals surface area contributed by atoms with Gasteiger partial charge in [0.25, 0.3) is 5.91 Å². The average molecular weight is 328 g/mol. The van der Waals surface area contributed by atoms with E-state index >= 15 is 0 Å². The highest BCUT2D eigenvalue weighted by Crippen LogP contribution is 2.16. The fourth-order valence-corrected chi connectivity index (χ4v) is 2.00. The summed E-state index contributed by atoms with van der Waals surface area (Å²) in [4.78, 5) is 27.4. The summed E-state index contributed by atoms with van der Waals surface area (Å²) in [6.45, 7) is 2.68. The third kappa shape index (κ3) is 5.36. The lowest BCUT2D eigenvalue weighted by molar-refractivity contribution is -0.114. The maximum absolute atomic E-state index is 12.2. The number of ether oxygens (including phenoxy) is 1. The number of nitrogens with one attached hydrogen (secondary N) is 3. The van der Waals surface area contributed by atoms with Crippen LogP contribution in [-0.2, 0) is 9.53 Å². The van der Waals surface area contributed by atoms with Gasteiger partial charge in [-0.3, -0.25) is 9.59 Å². The van der Waals surface area contributed by atoms with Gasteiger partial charge < -0.3 is 20.7 Å². The third-order valence-electron chi connectivity index (χ3n) is 3.07. The summed E-state index contributed by atoms with van der Waals surface area (Å²) in [6, 6.07) is 10.3. The molecule has 0 saturated heterocycles. The normalized spacial score (nSPS) is 10.1. The number of methoxy groups -OCH3 is 1. The topological polar surface area (TPSA) is 92.4 Å². The standard InChI is InChI=1S/C17H20N4O3/c1-12(22)20-13-4-3-5-14(10-13)21-17(23)16-7-6-15(11-19-16)18-8-9-24-2/h3-7,10-11,18H,8-9H2,1-2H3,(H,20,22)(H,21,23). The number of benzene rings is 1. The SMILES string of the molecule is COCCNc1ccc(C(=O)Nc2cccc(NC(C)=O)c2)nc1. The van der Waals surface area contributed by atoms with Crippen LogP contribution in [0.5, 0.6) is 0 Å². The van der Waals surface area contributed by atoms with Crippen molar-refractivity contribution in [1.29, 1.82) is 0 Å². The lowest BCUT2D eigenvalue weighted by Gasteiger charge is -2.08. The first-order valence-corrected chi connectivity index (χ1v) is 7.46. The summed E-state index contributed by atoms with van der Waals surface area (Å²) in [7, 11) is 1.63. The molecule has 0 aliphatic rings. The molecule has 0 atom stereocenters. The van der Waals surface area contributed by atoms with E-state index in [0.29, 0.717) is 30.2 Å². The molecule has 3 N–H and O–H groups in total. The van der Waals surface area contributed by atoms with Gasteiger partial charge in [0.2, 0.25) is 5.91 Å². The van der Waals surface area contributed by atoms with Crippen molar-refractivity contribution in [1.82, 2.24) is 4.98 Å². The molecule has 126 valence electrons. The molecule has 2 aromatic rings. The molecule has 7 heteroatoms. The van der Waals surface area contributed by atoms with Crippen LogP contribution in [0.25, 0.3) is 0 Å². The van der Waals surface area contributed by atoms with E-state index in [2.05, 4.69) is 20.9 Å². The van der Waals surface area contributed by atoms with Gasteiger partial charge in [-0.15, -0.1) is 0 Å². The predicted octanol–water partition coefficient (Wildman–Crippen LogP) is 2.35. The highest BCUT2D eigenvalue weighted by Gasteiger charge is 2.08. The fourth-order valence-electron chi connectivity index (χ4n) is 2.00. The minimum absolute atomic E-state index is 0.170. The molecular formula is C17H20N4O3. The first kappa shape index (κ1) is 17.4. The van der Waals surface area contributed by atoms with Gasteiger partial charge in [-0.05, 0) is 30.3 Å². The number of hydrogen-bond acceptors (Lipinski definition) is 5. The van der Waals surface area contributed by atoms with E-state index in [1.807, 2.05) is 0 Å². The maximum Gasteiger partial charge on any atom is 0.274 e. The lowest BCUT2D eigenvalue weighted by atomic mass is 10.2. The Kier molecular flexibility index (Phi) is 6.27. The number of pyridine rings is 1. The average Bonchev–Trinajstić information content (AvgIpc) is 2.55. The molecular weight excluding hydrogens is 308 g/mol. The maximum atomic E-state index is 12.2. The Labute approximate surface area is 140 Å². The molecule has 0 fully saturated rings. The van der Waals surface area contributed by atoms with E-state index in [9.17, 15) is 9.59 Å². The van der Waals surface area contributed by atoms with Crippen molar-refractivity contribution < 1.29 is 14.3 Å². The smallest absolute Gasteiger partial charge is 0.274 e. The fraction of sp³-hybridized carbons (Fsp3) is 0.235. The molecule has 7 nitrogen and oxygen atoms in total. The van der Waals surface area contributed by atoms with Crippen LogP contribution in [0.2, 0.25) is 0 Å². The van der Waals surface area contributed by atoms with E-state index < -0.39 is 0 Å². The first-order chi connectivity index (χ1) is 11.6. The molecule has 0 aliphatic carbocycles. The van der Waals surface area contributed by atoms with E-state index in [4.69, 9.17) is 4.74 Å². The monoisotopic (exact) mass is 328 g/mol. The minimum Gasteiger partial charge on any atom is -0.383 e. The van der Waals surface area contributed by atoms with Crippen LogP contribution >= 0.6 is 0 Å². The van der Waals surface area contributed by atoms with Gasteiger partial charge in [0.1, 0.15) is 5.69 Å². The van der Waals surface area contributed by atoms with E-state index in [-0.39, 0.29) is 11.8 Å². The van der Waals surface area contributed by atoms with Crippen LogP contribution in [0.4, 0.5) is 17.1 Å². The molecule has 1 heterocycles. The molecule has 0 saturated carbocycles. The van der Waals surface area contributed by atoms with Gasteiger partial charge in [-0.25, -0.2) is 4.98 Å². The predicted molar refractivity (Wildman–Crippen MR) is 93.3 cm³/mol. The van der Waals surface area contributed by atoms with Crippen molar-refractivity contribution in [2.24, 2.45) is 0 Å². The second-order valence-corrected chi connectivity index (χ2v) is 5.07. The highest BCUT2D eigenvalue weighted by atomic mass is 16.5. The molecule has 0 bridgehead atoms. The molecule has 0 unspecified atom stereocenters. The Hall–Kier alpha value is -2.93. The zero-order valence-corrected chi connectivity index (χ0v) is 13.6. The van der Waals surface area contributed by atoms with Crippen LogP contribution in [0, 0.1) is 0 Å². The van der Waals surface area contributed by atoms with Crippen molar-refractivity contribution in [3.8, 4) is 0 Å². The Balaban J connectivity index is 1.98. The highest BCUT2D eigenvalue weighted by molar-refractivity contribution is 6.03. The summed E-state index contributed by atoms with van der Waals surface area (Å²) in [5.74, 6) is -0.491. The van der Waals surface area contributed by atoms with Crippen LogP contribution in [0.15, 0.2) is 42.6 Å². The van der Waals surface area contributed by atoms with Gasteiger partial charge in [-0.2, -0.15) is 0 Å². The van der Waals surface area contributed by atoms with Crippen LogP contribution in [0.1, 0.15) is 17.4 Å². The number of carbonyl (C=O) groups excluding carboxylic acids is 2. The quantitative estimate of drug-likeness (QED) is 0.679. The molecule has 1 aromatic carbocycles. The lowest BCUT2D eigenvalue weighted by Crippen LogP contribution is -2.14. The van der Waals surface area contributed by atoms with Crippen molar-refractivity contribution in [2.45, 2.75) is 6.92 Å². The molecule has 0 spiro atoms. The second kappa shape index (κ2) is 8.64. The molecule has 2 amide bonds. The van der Waals surface area contributed by atoms with Gasteiger partial charge >= 0.3 is 0 Å². The second-order valence-electron chi connectivity index (χ2n) is 5.07. The summed E-state index contributed by atoms with van der Waals surface area (Å²) >= 11 is 0. The number of carbonyl (C=O) groups is 2. The number of aromatic nitrogens is 1. The van der Waals surface area contributed by atoms with E-state index in [0.717, 1.165) is 5.69 Å².